The molecule has 0 aliphatic heterocycles. The summed E-state index contributed by atoms with van der Waals surface area (Å²) in [5, 5.41) is 0. The summed E-state index contributed by atoms with van der Waals surface area (Å²) >= 11 is 0. The predicted molar refractivity (Wildman–Crippen MR) is 71.5 cm³/mol. The van der Waals surface area contributed by atoms with E-state index in [4.69, 9.17) is 9.47 Å². The van der Waals surface area contributed by atoms with Crippen molar-refractivity contribution in [1.29, 1.82) is 0 Å². The summed E-state index contributed by atoms with van der Waals surface area (Å²) in [5.74, 6) is 0.235. The first-order valence-corrected chi connectivity index (χ1v) is 5.86. The minimum absolute atomic E-state index is 0.0967. The summed E-state index contributed by atoms with van der Waals surface area (Å²) < 4.78 is 10.2. The van der Waals surface area contributed by atoms with Crippen LogP contribution in [0.1, 0.15) is 33.3 Å². The molecule has 1 aromatic carbocycles. The van der Waals surface area contributed by atoms with Gasteiger partial charge in [0.2, 0.25) is 6.79 Å². The van der Waals surface area contributed by atoms with Crippen LogP contribution in [0, 0.1) is 0 Å². The van der Waals surface area contributed by atoms with Crippen LogP contribution >= 0.6 is 0 Å². The molecule has 3 heteroatoms. The molecule has 18 heavy (non-hydrogen) atoms. The van der Waals surface area contributed by atoms with Crippen LogP contribution in [-0.4, -0.2) is 12.8 Å². The van der Waals surface area contributed by atoms with Crippen LogP contribution in [0.2, 0.25) is 0 Å². The van der Waals surface area contributed by atoms with Crippen LogP contribution in [-0.2, 0) is 14.9 Å². The van der Waals surface area contributed by atoms with Gasteiger partial charge >= 0.3 is 5.97 Å². The van der Waals surface area contributed by atoms with Crippen molar-refractivity contribution in [3.8, 4) is 5.75 Å². The van der Waals surface area contributed by atoms with Crippen LogP contribution in [0.3, 0.4) is 0 Å². The molecule has 3 nitrogen and oxygen atoms in total. The molecular weight excluding hydrogens is 228 g/mol. The zero-order valence-corrected chi connectivity index (χ0v) is 11.4. The van der Waals surface area contributed by atoms with Gasteiger partial charge in [-0.25, -0.2) is 4.79 Å². The largest absolute Gasteiger partial charge is 0.457 e. The van der Waals surface area contributed by atoms with Crippen LogP contribution in [0.4, 0.5) is 0 Å². The second-order valence-electron chi connectivity index (χ2n) is 5.25. The highest BCUT2D eigenvalue weighted by Gasteiger charge is 2.13. The normalized spacial score (nSPS) is 10.9. The van der Waals surface area contributed by atoms with Gasteiger partial charge in [0.15, 0.2) is 0 Å². The van der Waals surface area contributed by atoms with E-state index in [1.807, 2.05) is 24.3 Å². The van der Waals surface area contributed by atoms with Crippen LogP contribution in [0.5, 0.6) is 5.75 Å². The van der Waals surface area contributed by atoms with E-state index in [0.717, 1.165) is 0 Å². The molecule has 0 atom stereocenters. The first-order valence-electron chi connectivity index (χ1n) is 5.86. The molecule has 1 rings (SSSR count). The smallest absolute Gasteiger partial charge is 0.335 e. The maximum absolute atomic E-state index is 11.1. The maximum atomic E-state index is 11.1. The Morgan fingerprint density at radius 3 is 2.22 bits per heavy atom. The molecule has 0 radical (unpaired) electrons. The van der Waals surface area contributed by atoms with Crippen LogP contribution in [0.15, 0.2) is 36.4 Å². The molecule has 0 aromatic heterocycles. The number of hydrogen-bond acceptors (Lipinski definition) is 3. The molecule has 0 aliphatic carbocycles. The standard InChI is InChI=1S/C15H20O3/c1-11(2)14(16)18-10-17-13-8-6-12(7-9-13)15(3,4)5/h6-9H,1,10H2,2-5H3. The summed E-state index contributed by atoms with van der Waals surface area (Å²) in [7, 11) is 0. The lowest BCUT2D eigenvalue weighted by atomic mass is 9.87. The monoisotopic (exact) mass is 248 g/mol. The number of ether oxygens (including phenoxy) is 2. The Kier molecular flexibility index (Phi) is 4.54. The number of esters is 1. The molecule has 1 aromatic rings. The molecule has 98 valence electrons. The van der Waals surface area contributed by atoms with Gasteiger partial charge in [-0.2, -0.15) is 0 Å². The number of rotatable bonds is 4. The number of carbonyl (C=O) groups excluding carboxylic acids is 1. The average Bonchev–Trinajstić information content (AvgIpc) is 2.28. The van der Waals surface area contributed by atoms with E-state index in [9.17, 15) is 4.79 Å². The van der Waals surface area contributed by atoms with E-state index in [2.05, 4.69) is 27.4 Å². The predicted octanol–water partition coefficient (Wildman–Crippen LogP) is 3.44. The molecule has 0 heterocycles. The first-order chi connectivity index (χ1) is 8.30. The van der Waals surface area contributed by atoms with Crippen molar-refractivity contribution in [2.45, 2.75) is 33.1 Å². The minimum atomic E-state index is -0.443. The zero-order valence-electron chi connectivity index (χ0n) is 11.4. The Morgan fingerprint density at radius 2 is 1.78 bits per heavy atom. The van der Waals surface area contributed by atoms with Gasteiger partial charge in [-0.15, -0.1) is 0 Å². The molecule has 0 amide bonds. The first kappa shape index (κ1) is 14.3. The minimum Gasteiger partial charge on any atom is -0.457 e. The fraction of sp³-hybridized carbons (Fsp3) is 0.400. The van der Waals surface area contributed by atoms with Crippen molar-refractivity contribution in [3.05, 3.63) is 42.0 Å². The van der Waals surface area contributed by atoms with Crippen LogP contribution < -0.4 is 4.74 Å². The summed E-state index contributed by atoms with van der Waals surface area (Å²) in [5.41, 5.74) is 1.71. The van der Waals surface area contributed by atoms with Crippen LogP contribution in [0.25, 0.3) is 0 Å². The van der Waals surface area contributed by atoms with Crippen molar-refractivity contribution in [1.82, 2.24) is 0 Å². The summed E-state index contributed by atoms with van der Waals surface area (Å²) in [6.07, 6.45) is 0. The fourth-order valence-corrected chi connectivity index (χ4v) is 1.33. The number of benzene rings is 1. The molecule has 0 N–H and O–H groups in total. The highest BCUT2D eigenvalue weighted by Crippen LogP contribution is 2.24. The summed E-state index contributed by atoms with van der Waals surface area (Å²) in [4.78, 5) is 11.1. The maximum Gasteiger partial charge on any atom is 0.335 e. The average molecular weight is 248 g/mol. The van der Waals surface area contributed by atoms with Gasteiger partial charge in [0.1, 0.15) is 5.75 Å². The van der Waals surface area contributed by atoms with Crippen molar-refractivity contribution in [3.63, 3.8) is 0 Å². The summed E-state index contributed by atoms with van der Waals surface area (Å²) in [6, 6.07) is 7.76. The quantitative estimate of drug-likeness (QED) is 0.465. The fourth-order valence-electron chi connectivity index (χ4n) is 1.33. The molecular formula is C15H20O3. The van der Waals surface area contributed by atoms with E-state index < -0.39 is 5.97 Å². The van der Waals surface area contributed by atoms with Crippen molar-refractivity contribution in [2.24, 2.45) is 0 Å². The Morgan fingerprint density at radius 1 is 1.22 bits per heavy atom. The van der Waals surface area contributed by atoms with Gasteiger partial charge in [0, 0.05) is 5.57 Å². The SMILES string of the molecule is C=C(C)C(=O)OCOc1ccc(C(C)(C)C)cc1. The van der Waals surface area contributed by atoms with Gasteiger partial charge in [-0.05, 0) is 30.0 Å². The summed E-state index contributed by atoms with van der Waals surface area (Å²) in [6.45, 7) is 11.4. The zero-order chi connectivity index (χ0) is 13.8. The Balaban J connectivity index is 2.50. The third-order valence-corrected chi connectivity index (χ3v) is 2.48. The molecule has 0 spiro atoms. The van der Waals surface area contributed by atoms with E-state index in [1.165, 1.54) is 5.56 Å². The Bertz CT molecular complexity index is 424. The second kappa shape index (κ2) is 5.71. The van der Waals surface area contributed by atoms with Gasteiger partial charge in [-0.1, -0.05) is 39.5 Å². The van der Waals surface area contributed by atoms with E-state index in [1.54, 1.807) is 6.92 Å². The van der Waals surface area contributed by atoms with Crippen molar-refractivity contribution in [2.75, 3.05) is 6.79 Å². The third-order valence-electron chi connectivity index (χ3n) is 2.48. The van der Waals surface area contributed by atoms with Gasteiger partial charge in [0.05, 0.1) is 0 Å². The Labute approximate surface area is 108 Å². The van der Waals surface area contributed by atoms with Gasteiger partial charge in [0.25, 0.3) is 0 Å². The molecule has 0 saturated carbocycles. The van der Waals surface area contributed by atoms with E-state index in [0.29, 0.717) is 11.3 Å². The second-order valence-corrected chi connectivity index (χ2v) is 5.25. The lowest BCUT2D eigenvalue weighted by Crippen LogP contribution is -2.12. The highest BCUT2D eigenvalue weighted by molar-refractivity contribution is 5.86. The molecule has 0 bridgehead atoms. The topological polar surface area (TPSA) is 35.5 Å². The lowest BCUT2D eigenvalue weighted by Gasteiger charge is -2.19. The van der Waals surface area contributed by atoms with Crippen molar-refractivity contribution < 1.29 is 14.3 Å². The third kappa shape index (κ3) is 4.24. The van der Waals surface area contributed by atoms with E-state index in [-0.39, 0.29) is 12.2 Å². The van der Waals surface area contributed by atoms with Crippen molar-refractivity contribution >= 4 is 5.97 Å². The molecule has 0 saturated heterocycles. The molecule has 0 aliphatic rings. The van der Waals surface area contributed by atoms with E-state index >= 15 is 0 Å². The lowest BCUT2D eigenvalue weighted by molar-refractivity contribution is -0.145. The highest BCUT2D eigenvalue weighted by atomic mass is 16.7. The van der Waals surface area contributed by atoms with Gasteiger partial charge < -0.3 is 9.47 Å². The number of carbonyl (C=O) groups is 1. The number of hydrogen-bond donors (Lipinski definition) is 0. The molecule has 0 unspecified atom stereocenters. The molecule has 0 fully saturated rings. The van der Waals surface area contributed by atoms with Gasteiger partial charge in [-0.3, -0.25) is 0 Å². The Hall–Kier alpha value is -1.77.